The molecule has 0 N–H and O–H groups in total. The van der Waals surface area contributed by atoms with Gasteiger partial charge in [0.25, 0.3) is 11.5 Å². The third-order valence-corrected chi connectivity index (χ3v) is 17.4. The predicted octanol–water partition coefficient (Wildman–Crippen LogP) is 15.6. The molecule has 1 radical (unpaired) electrons. The first-order valence-corrected chi connectivity index (χ1v) is 30.4. The van der Waals surface area contributed by atoms with Crippen LogP contribution in [0.15, 0.2) is 219 Å². The van der Waals surface area contributed by atoms with Gasteiger partial charge in [0, 0.05) is 62.6 Å². The molecule has 0 fully saturated rings. The minimum Gasteiger partial charge on any atom is -0.464 e. The topological polar surface area (TPSA) is 169 Å². The van der Waals surface area contributed by atoms with Gasteiger partial charge in [-0.2, -0.15) is 97.1 Å². The maximum Gasteiger partial charge on any atom is 0.442 e. The largest absolute Gasteiger partial charge is 0.464 e. The van der Waals surface area contributed by atoms with Crippen LogP contribution in [0.25, 0.3) is 43.8 Å². The summed E-state index contributed by atoms with van der Waals surface area (Å²) in [6, 6.07) is 29.0. The van der Waals surface area contributed by atoms with Gasteiger partial charge >= 0.3 is 64.0 Å². The van der Waals surface area contributed by atoms with Crippen molar-refractivity contribution in [1.82, 2.24) is 14.5 Å². The molecule has 0 aliphatic carbocycles. The molecular formula is C66H34F18N8O7SV. The molecular weight excluding hydrogens is 1440 g/mol. The Bertz CT molecular complexity index is 5510. The molecule has 8 aromatic carbocycles. The molecule has 101 heavy (non-hydrogen) atoms. The summed E-state index contributed by atoms with van der Waals surface area (Å²) in [5, 5.41) is -3.85. The van der Waals surface area contributed by atoms with Crippen LogP contribution in [0.2, 0.25) is 0 Å². The van der Waals surface area contributed by atoms with E-state index in [0.717, 1.165) is 97.1 Å². The van der Waals surface area contributed by atoms with Gasteiger partial charge in [0.2, 0.25) is 5.82 Å². The Morgan fingerprint density at radius 2 is 0.861 bits per heavy atom. The average molecular weight is 1480 g/mol. The van der Waals surface area contributed by atoms with Gasteiger partial charge in [-0.25, -0.2) is 4.99 Å². The Labute approximate surface area is 564 Å². The number of hydrogen-bond donors (Lipinski definition) is 0. The second-order valence-corrected chi connectivity index (χ2v) is 23.9. The van der Waals surface area contributed by atoms with Crippen molar-refractivity contribution in [2.75, 3.05) is 0 Å². The van der Waals surface area contributed by atoms with Crippen molar-refractivity contribution in [3.8, 4) is 28.8 Å². The maximum atomic E-state index is 15.8. The van der Waals surface area contributed by atoms with Crippen molar-refractivity contribution in [3.63, 3.8) is 0 Å². The van der Waals surface area contributed by atoms with E-state index in [2.05, 4.69) is 25.0 Å². The smallest absolute Gasteiger partial charge is 0.442 e. The Hall–Kier alpha value is -10.6. The first kappa shape index (κ1) is 68.9. The molecule has 0 unspecified atom stereocenters. The number of benzene rings is 8. The van der Waals surface area contributed by atoms with Gasteiger partial charge in [-0.05, 0) is 45.9 Å². The second-order valence-electron chi connectivity index (χ2n) is 22.4. The fourth-order valence-corrected chi connectivity index (χ4v) is 13.1. The van der Waals surface area contributed by atoms with E-state index >= 15 is 79.0 Å². The molecule has 10 aromatic rings. The molecule has 6 heterocycles. The van der Waals surface area contributed by atoms with E-state index in [1.807, 2.05) is 0 Å². The molecule has 2 aromatic heterocycles. The van der Waals surface area contributed by atoms with Crippen LogP contribution in [0, 0.1) is 0 Å². The van der Waals surface area contributed by atoms with Crippen LogP contribution >= 0.6 is 0 Å². The van der Waals surface area contributed by atoms with Crippen LogP contribution in [0.5, 0.6) is 23.0 Å². The van der Waals surface area contributed by atoms with Crippen molar-refractivity contribution in [3.05, 3.63) is 238 Å². The van der Waals surface area contributed by atoms with E-state index in [1.54, 1.807) is 6.07 Å². The van der Waals surface area contributed by atoms with Crippen LogP contribution in [0.3, 0.4) is 0 Å². The summed E-state index contributed by atoms with van der Waals surface area (Å²) in [5.41, 5.74) is -24.7. The van der Waals surface area contributed by atoms with E-state index < -0.39 is 193 Å². The molecule has 0 amide bonds. The maximum absolute atomic E-state index is 15.8. The number of halogens is 18. The summed E-state index contributed by atoms with van der Waals surface area (Å²) in [4.78, 5) is 27.0. The summed E-state index contributed by atoms with van der Waals surface area (Å²) in [6.07, 6.45) is -38.6. The van der Waals surface area contributed by atoms with Crippen molar-refractivity contribution < 1.29 is 134 Å². The van der Waals surface area contributed by atoms with Crippen molar-refractivity contribution in [2.45, 2.75) is 59.6 Å². The first-order chi connectivity index (χ1) is 47.1. The average Bonchev–Trinajstić information content (AvgIpc) is 1.66. The Balaban J connectivity index is 0.00000912. The molecule has 4 aliphatic heterocycles. The van der Waals surface area contributed by atoms with E-state index in [1.165, 1.54) is 36.4 Å². The fraction of sp³-hybridized carbons (Fsp3) is 0.152. The number of nitrogens with zero attached hydrogens (tertiary/aromatic N) is 8. The van der Waals surface area contributed by atoms with Crippen LogP contribution in [0.1, 0.15) is 33.4 Å². The van der Waals surface area contributed by atoms with Crippen LogP contribution in [0.4, 0.5) is 90.7 Å². The minimum absolute atomic E-state index is 0. The molecule has 14 rings (SSSR count). The zero-order valence-electron chi connectivity index (χ0n) is 49.8. The minimum atomic E-state index is -6.45. The molecule has 15 nitrogen and oxygen atoms in total. The Kier molecular flexibility index (Phi) is 16.2. The quantitative estimate of drug-likeness (QED) is 0.0619. The number of hydrogen-bond acceptors (Lipinski definition) is 12. The molecule has 0 saturated carbocycles. The number of rotatable bonds is 13. The van der Waals surface area contributed by atoms with Crippen LogP contribution in [-0.4, -0.2) is 66.7 Å². The zero-order valence-corrected chi connectivity index (χ0v) is 52.0. The van der Waals surface area contributed by atoms with Gasteiger partial charge in [-0.3, -0.25) is 0 Å². The van der Waals surface area contributed by atoms with E-state index in [0.29, 0.717) is 63.9 Å². The van der Waals surface area contributed by atoms with Gasteiger partial charge in [-0.1, -0.05) is 174 Å². The summed E-state index contributed by atoms with van der Waals surface area (Å²) in [7, 11) is -4.79. The summed E-state index contributed by atoms with van der Waals surface area (Å²) < 4.78 is 341. The first-order valence-electron chi connectivity index (χ1n) is 28.8. The molecule has 6 bridgehead atoms. The normalized spacial score (nSPS) is 14.2. The Morgan fingerprint density at radius 1 is 0.426 bits per heavy atom. The molecule has 0 atom stereocenters. The number of ether oxygens (including phenoxy) is 3. The summed E-state index contributed by atoms with van der Waals surface area (Å²) in [5.74, 6) is -10.0. The number of aromatic nitrogens is 4. The van der Waals surface area contributed by atoms with Crippen LogP contribution < -0.4 is 39.1 Å². The molecule has 4 aliphatic rings. The van der Waals surface area contributed by atoms with Crippen molar-refractivity contribution in [2.24, 2.45) is 20.0 Å². The molecule has 0 spiro atoms. The molecule has 0 saturated heterocycles. The van der Waals surface area contributed by atoms with Crippen molar-refractivity contribution >= 4 is 71.4 Å². The zero-order chi connectivity index (χ0) is 71.1. The summed E-state index contributed by atoms with van der Waals surface area (Å²) >= 11 is 0. The Morgan fingerprint density at radius 3 is 1.37 bits per heavy atom. The molecule has 517 valence electrons. The predicted molar refractivity (Wildman–Crippen MR) is 316 cm³/mol. The molecule has 35 heteroatoms. The monoisotopic (exact) mass is 1480 g/mol. The van der Waals surface area contributed by atoms with Crippen LogP contribution in [-0.2, 0) is 51.2 Å². The van der Waals surface area contributed by atoms with Gasteiger partial charge in [0.15, 0.2) is 17.4 Å². The number of aliphatic imine (C=N–C) groups is 2. The number of alkyl halides is 18. The van der Waals surface area contributed by atoms with Gasteiger partial charge < -0.3 is 33.4 Å². The van der Waals surface area contributed by atoms with Gasteiger partial charge in [0.1, 0.15) is 28.4 Å². The third kappa shape index (κ3) is 10.9. The van der Waals surface area contributed by atoms with Gasteiger partial charge in [-0.15, -0.1) is 0 Å². The standard InChI is InChI=1S/C66H34F18N8O7S.V/c67-61(68,69)58(62(70,71)72,35-19-7-2-8-20-35)95-42-29-14-26-39-46(42)52-85-50-38-25-13-30-43(96-59(63(73,74)75,64(76,77)78)36-21-9-3-10-22-36)47(38)53(86-50)89-54-41-28-16-32-45(98-100(93,94)33-34-17-5-1-6-18-34)49(41)57-90-55-40-27-15-31-44(48(40)56(88-51(39)87-52)92(55)99-91(54)57)97-60(65(79,80)81,66(82,83)84)37-23-11-4-12-24-37;/h1-32H,33H2;. The van der Waals surface area contributed by atoms with Gasteiger partial charge in [0.05, 0.1) is 22.2 Å². The van der Waals surface area contributed by atoms with E-state index in [4.69, 9.17) is 28.0 Å². The van der Waals surface area contributed by atoms with E-state index in [-0.39, 0.29) is 29.5 Å². The van der Waals surface area contributed by atoms with E-state index in [9.17, 15) is 8.42 Å². The third-order valence-electron chi connectivity index (χ3n) is 16.3. The second kappa shape index (κ2) is 23.8. The SMILES string of the molecule is O=S(=O)(Cc1ccccc1)Oc1cccc2c3[n+]4on5c(c6c(OC(c7ccccc7)(C(F)(F)F)C(F)(F)F)cccc6c5nc-4c12)N=C1N=C(N=c2[n-]c(c4c(OC(c5ccccc5)(C(F)(F)F)C(F)(F)F)cccc24)=N3)c2c(OC(c3ccccc3)(C(F)(F)F)C(F)(F)F)cccc21.[V]. The number of amidine groups is 2. The van der Waals surface area contributed by atoms with Crippen molar-refractivity contribution in [1.29, 1.82) is 0 Å². The fourth-order valence-electron chi connectivity index (χ4n) is 12.0. The number of fused-ring (bicyclic) bond motifs is 15. The summed E-state index contributed by atoms with van der Waals surface area (Å²) in [6.45, 7) is 0.